The number of Topliss-reactive ketones (excluding diaryl/α,β-unsaturated/α-hetero) is 1. The fourth-order valence-electron chi connectivity index (χ4n) is 5.31. The van der Waals surface area contributed by atoms with E-state index >= 15 is 0 Å². The minimum absolute atomic E-state index is 0. The number of nitrogen functional groups attached to an aromatic ring is 1. The second kappa shape index (κ2) is 35.0. The second-order valence-corrected chi connectivity index (χ2v) is 13.0. The van der Waals surface area contributed by atoms with Gasteiger partial charge in [0.2, 0.25) is 0 Å². The molecule has 1 fully saturated rings. The molecule has 0 aliphatic carbocycles. The van der Waals surface area contributed by atoms with E-state index in [9.17, 15) is 27.2 Å². The molecule has 334 valence electrons. The Morgan fingerprint density at radius 1 is 0.836 bits per heavy atom. The molecule has 2 N–H and O–H groups in total. The third-order valence-electron chi connectivity index (χ3n) is 8.02. The summed E-state index contributed by atoms with van der Waals surface area (Å²) in [5.41, 5.74) is 8.08. The van der Waals surface area contributed by atoms with Crippen LogP contribution in [0.4, 0.5) is 23.2 Å². The molecule has 0 amide bonds. The average Bonchev–Trinajstić information content (AvgIpc) is 3.96. The predicted molar refractivity (Wildman–Crippen MR) is 249 cm³/mol. The number of allylic oxidation sites excluding steroid dienone is 2. The number of unbranched alkanes of at least 4 members (excludes halogenated alkanes) is 2. The van der Waals surface area contributed by atoms with Gasteiger partial charge in [0.15, 0.2) is 29.1 Å². The fourth-order valence-corrected chi connectivity index (χ4v) is 5.92. The SMILES string of the molecule is C.C.C1CCOC1.C=CCCCn1c(C=C)cc(Cl)c1C(=O)Cc1ccc(F)c(F)c1.C=CCCCn1c(C=C)cc(Cl)c1C(=O)OCC.Nc1ccc(F)c(F)c1.[2H]CS.[H-].[Na+]. The number of hydrogen-bond donors (Lipinski definition) is 2. The number of hydrogen-bond acceptors (Lipinski definition) is 6. The number of carbonyl (C=O) groups is 2. The molecule has 0 unspecified atom stereocenters. The third-order valence-corrected chi connectivity index (χ3v) is 8.59. The van der Waals surface area contributed by atoms with Crippen LogP contribution in [0, 0.1) is 23.3 Å². The zero-order valence-corrected chi connectivity index (χ0v) is 38.2. The van der Waals surface area contributed by atoms with Gasteiger partial charge in [-0.15, -0.1) is 13.2 Å². The molecule has 1 aliphatic heterocycles. The summed E-state index contributed by atoms with van der Waals surface area (Å²) in [6.07, 6.45) is 13.1. The van der Waals surface area contributed by atoms with E-state index in [4.69, 9.17) is 39.8 Å². The number of thiol groups is 1. The number of benzene rings is 2. The van der Waals surface area contributed by atoms with Crippen molar-refractivity contribution in [3.05, 3.63) is 149 Å². The van der Waals surface area contributed by atoms with Crippen molar-refractivity contribution in [3.8, 4) is 0 Å². The number of esters is 1. The summed E-state index contributed by atoms with van der Waals surface area (Å²) in [6, 6.07) is 10.1. The Morgan fingerprint density at radius 2 is 1.30 bits per heavy atom. The standard InChI is InChI=1S/C19H18ClF2NO.C14H18ClNO2.C6H5F2N.C4H8O.CH4S.2CH4.Na.H/c1-3-5-6-9-23-14(4-2)12-15(20)19(23)18(24)11-13-7-8-16(21)17(22)10-13;1-4-7-8-9-16-11(5-2)10-12(15)13(16)14(17)18-6-3;7-5-2-1-4(9)3-6(5)8;1-2-4-5-3-1;1-2;;;;/h3-4,7-8,10,12H,1-2,5-6,9,11H2;4-5,10H,1-2,6-9H2,3H3;1-3H,9H2;1-4H2;2H,1H3;2*1H4;;/q;;;;;;;+1;-1/i;;;;1D;;;;. The van der Waals surface area contributed by atoms with Gasteiger partial charge in [-0.05, 0) is 112 Å². The van der Waals surface area contributed by atoms with Crippen molar-refractivity contribution < 1.29 is 69.0 Å². The number of ketones is 1. The Morgan fingerprint density at radius 3 is 1.69 bits per heavy atom. The summed E-state index contributed by atoms with van der Waals surface area (Å²) in [4.78, 5) is 24.5. The van der Waals surface area contributed by atoms with Crippen molar-refractivity contribution in [2.75, 3.05) is 31.8 Å². The van der Waals surface area contributed by atoms with E-state index < -0.39 is 29.2 Å². The molecule has 1 saturated heterocycles. The topological polar surface area (TPSA) is 88.5 Å². The van der Waals surface area contributed by atoms with Gasteiger partial charge in [0, 0.05) is 51.2 Å². The van der Waals surface area contributed by atoms with Crippen molar-refractivity contribution in [1.29, 1.82) is 0 Å². The Balaban J connectivity index is -0.000000392. The first-order valence-electron chi connectivity index (χ1n) is 19.0. The first kappa shape index (κ1) is 59.6. The molecule has 4 aromatic rings. The summed E-state index contributed by atoms with van der Waals surface area (Å²) in [5, 5.41) is 0.734. The van der Waals surface area contributed by atoms with Gasteiger partial charge in [0.1, 0.15) is 11.4 Å². The van der Waals surface area contributed by atoms with Crippen LogP contribution in [0.1, 0.15) is 101 Å². The van der Waals surface area contributed by atoms with Crippen LogP contribution in [0.15, 0.2) is 87.0 Å². The molecule has 15 heteroatoms. The number of anilines is 1. The van der Waals surface area contributed by atoms with Gasteiger partial charge >= 0.3 is 35.5 Å². The van der Waals surface area contributed by atoms with Crippen molar-refractivity contribution in [1.82, 2.24) is 9.13 Å². The van der Waals surface area contributed by atoms with E-state index in [1.54, 1.807) is 35.8 Å². The molecule has 3 heterocycles. The Kier molecular flexibility index (Phi) is 34.2. The van der Waals surface area contributed by atoms with E-state index in [1.165, 1.54) is 25.0 Å². The maximum atomic E-state index is 13.3. The Hall–Kier alpha value is -3.49. The van der Waals surface area contributed by atoms with Crippen LogP contribution < -0.4 is 35.3 Å². The molecule has 61 heavy (non-hydrogen) atoms. The third kappa shape index (κ3) is 21.4. The van der Waals surface area contributed by atoms with Crippen LogP contribution in [0.25, 0.3) is 12.2 Å². The minimum atomic E-state index is -0.973. The molecular formula is C46H62Cl2F4N3NaO4S. The van der Waals surface area contributed by atoms with E-state index in [2.05, 4.69) is 38.9 Å². The molecule has 0 bridgehead atoms. The fraction of sp³-hybridized carbons (Fsp3) is 0.348. The summed E-state index contributed by atoms with van der Waals surface area (Å²) in [5.74, 6) is -4.34. The number of halogens is 6. The van der Waals surface area contributed by atoms with Gasteiger partial charge in [-0.2, -0.15) is 12.6 Å². The molecule has 0 radical (unpaired) electrons. The average molecular weight is 924 g/mol. The molecule has 2 aromatic carbocycles. The molecule has 7 nitrogen and oxygen atoms in total. The van der Waals surface area contributed by atoms with Crippen LogP contribution >= 0.6 is 35.8 Å². The summed E-state index contributed by atoms with van der Waals surface area (Å²) < 4.78 is 70.2. The summed E-state index contributed by atoms with van der Waals surface area (Å²) >= 11 is 15.8. The number of nitrogens with two attached hydrogens (primary N) is 1. The number of carbonyl (C=O) groups excluding carboxylic acids is 2. The van der Waals surface area contributed by atoms with Crippen LogP contribution in [-0.2, 0) is 29.0 Å². The summed E-state index contributed by atoms with van der Waals surface area (Å²) in [7, 11) is 0. The largest absolute Gasteiger partial charge is 1.00 e. The van der Waals surface area contributed by atoms with Gasteiger partial charge < -0.3 is 25.8 Å². The smallest absolute Gasteiger partial charge is 1.00 e. The van der Waals surface area contributed by atoms with Crippen LogP contribution in [0.2, 0.25) is 10.0 Å². The predicted octanol–water partition coefficient (Wildman–Crippen LogP) is 10.7. The molecule has 0 saturated carbocycles. The Labute approximate surface area is 401 Å². The van der Waals surface area contributed by atoms with Crippen LogP contribution in [0.5, 0.6) is 0 Å². The molecule has 5 rings (SSSR count). The van der Waals surface area contributed by atoms with Crippen molar-refractivity contribution in [3.63, 3.8) is 0 Å². The molecule has 1 aliphatic rings. The van der Waals surface area contributed by atoms with Gasteiger partial charge in [-0.25, -0.2) is 22.4 Å². The molecule has 0 spiro atoms. The maximum Gasteiger partial charge on any atom is 1.00 e. The number of nitrogens with zero attached hydrogens (tertiary/aromatic N) is 2. The van der Waals surface area contributed by atoms with Crippen molar-refractivity contribution in [2.24, 2.45) is 0 Å². The van der Waals surface area contributed by atoms with E-state index in [1.807, 2.05) is 16.7 Å². The molecular weight excluding hydrogens is 860 g/mol. The van der Waals surface area contributed by atoms with Crippen LogP contribution in [-0.4, -0.2) is 46.9 Å². The van der Waals surface area contributed by atoms with E-state index in [-0.39, 0.29) is 70.0 Å². The Bertz CT molecular complexity index is 1970. The van der Waals surface area contributed by atoms with Gasteiger partial charge in [0.25, 0.3) is 0 Å². The van der Waals surface area contributed by atoms with Gasteiger partial charge in [-0.3, -0.25) is 4.79 Å². The van der Waals surface area contributed by atoms with E-state index in [0.717, 1.165) is 74.6 Å². The number of aromatic nitrogens is 2. The van der Waals surface area contributed by atoms with Crippen LogP contribution in [0.3, 0.4) is 0 Å². The first-order chi connectivity index (χ1) is 28.2. The first-order valence-corrected chi connectivity index (χ1v) is 19.7. The normalized spacial score (nSPS) is 10.9. The molecule has 2 aromatic heterocycles. The summed E-state index contributed by atoms with van der Waals surface area (Å²) in [6.45, 7) is 20.2. The minimum Gasteiger partial charge on any atom is -1.00 e. The monoisotopic (exact) mass is 922 g/mol. The number of ether oxygens (including phenoxy) is 2. The second-order valence-electron chi connectivity index (χ2n) is 12.2. The zero-order chi connectivity index (χ0) is 44.3. The van der Waals surface area contributed by atoms with Gasteiger partial charge in [0.05, 0.1) is 16.7 Å². The van der Waals surface area contributed by atoms with Crippen molar-refractivity contribution in [2.45, 2.75) is 79.8 Å². The van der Waals surface area contributed by atoms with Gasteiger partial charge in [-0.1, -0.05) is 69.4 Å². The number of rotatable bonds is 15. The van der Waals surface area contributed by atoms with E-state index in [0.29, 0.717) is 46.7 Å². The maximum absolute atomic E-state index is 13.3. The van der Waals surface area contributed by atoms with Crippen molar-refractivity contribution >= 4 is 65.4 Å². The zero-order valence-electron chi connectivity index (χ0n) is 35.8. The quantitative estimate of drug-likeness (QED) is 0.0181. The molecule has 0 atom stereocenters.